The van der Waals surface area contributed by atoms with Crippen LogP contribution in [-0.4, -0.2) is 37.2 Å². The number of likely N-dealkylation sites (tertiary alicyclic amines) is 1. The number of halogens is 2. The fourth-order valence-electron chi connectivity index (χ4n) is 3.69. The maximum Gasteiger partial charge on any atom is 0.161 e. The summed E-state index contributed by atoms with van der Waals surface area (Å²) in [4.78, 5) is 2.42. The molecule has 2 aliphatic rings. The summed E-state index contributed by atoms with van der Waals surface area (Å²) in [6, 6.07) is 14.8. The van der Waals surface area contributed by atoms with Crippen molar-refractivity contribution < 1.29 is 13.9 Å². The van der Waals surface area contributed by atoms with Crippen LogP contribution in [0.2, 0.25) is 0 Å². The third kappa shape index (κ3) is 4.25. The fraction of sp³-hybridized carbons (Fsp3) is 0.400. The van der Waals surface area contributed by atoms with Gasteiger partial charge in [0.15, 0.2) is 11.5 Å². The van der Waals surface area contributed by atoms with Gasteiger partial charge in [0.25, 0.3) is 0 Å². The standard InChI is InChI=1S/C20H22FNO2.ClH/c21-17-7-3-5-15(11-17)16-6-4-10-22(12-16)13-18-14-23-19-8-1-2-9-20(19)24-18;/h1-3,5,7-9,11,16,18H,4,6,10,12-14H2;1H/t16-,18-;/m0./s1. The number of ether oxygens (including phenoxy) is 2. The molecule has 1 saturated heterocycles. The van der Waals surface area contributed by atoms with E-state index < -0.39 is 0 Å². The first-order valence-electron chi connectivity index (χ1n) is 8.64. The Morgan fingerprint density at radius 2 is 1.92 bits per heavy atom. The number of hydrogen-bond acceptors (Lipinski definition) is 3. The van der Waals surface area contributed by atoms with E-state index in [1.54, 1.807) is 12.1 Å². The minimum absolute atomic E-state index is 0. The van der Waals surface area contributed by atoms with Crippen molar-refractivity contribution >= 4 is 12.4 Å². The van der Waals surface area contributed by atoms with Crippen LogP contribution in [0.25, 0.3) is 0 Å². The Hall–Kier alpha value is -1.78. The lowest BCUT2D eigenvalue weighted by Gasteiger charge is -2.36. The number of fused-ring (bicyclic) bond motifs is 1. The Morgan fingerprint density at radius 3 is 2.76 bits per heavy atom. The quantitative estimate of drug-likeness (QED) is 0.813. The van der Waals surface area contributed by atoms with Crippen molar-refractivity contribution in [1.82, 2.24) is 4.90 Å². The number of hydrogen-bond donors (Lipinski definition) is 0. The molecule has 134 valence electrons. The summed E-state index contributed by atoms with van der Waals surface area (Å²) in [5.74, 6) is 1.90. The largest absolute Gasteiger partial charge is 0.486 e. The molecule has 0 spiro atoms. The Balaban J connectivity index is 0.00000182. The zero-order valence-corrected chi connectivity index (χ0v) is 14.9. The zero-order chi connectivity index (χ0) is 16.4. The molecule has 0 saturated carbocycles. The van der Waals surface area contributed by atoms with Crippen LogP contribution in [0.4, 0.5) is 4.39 Å². The van der Waals surface area contributed by atoms with Crippen molar-refractivity contribution in [3.05, 3.63) is 59.9 Å². The van der Waals surface area contributed by atoms with Gasteiger partial charge in [0.05, 0.1) is 0 Å². The molecule has 2 atom stereocenters. The molecule has 1 fully saturated rings. The lowest BCUT2D eigenvalue weighted by Crippen LogP contribution is -2.44. The van der Waals surface area contributed by atoms with Crippen molar-refractivity contribution in [3.63, 3.8) is 0 Å². The lowest BCUT2D eigenvalue weighted by atomic mass is 9.90. The van der Waals surface area contributed by atoms with Gasteiger partial charge in [-0.25, -0.2) is 4.39 Å². The fourth-order valence-corrected chi connectivity index (χ4v) is 3.69. The van der Waals surface area contributed by atoms with E-state index in [1.165, 1.54) is 6.07 Å². The molecule has 0 radical (unpaired) electrons. The van der Waals surface area contributed by atoms with Crippen molar-refractivity contribution in [3.8, 4) is 11.5 Å². The minimum atomic E-state index is -0.148. The second-order valence-corrected chi connectivity index (χ2v) is 6.65. The van der Waals surface area contributed by atoms with Gasteiger partial charge in [-0.3, -0.25) is 4.90 Å². The minimum Gasteiger partial charge on any atom is -0.486 e. The molecule has 3 nitrogen and oxygen atoms in total. The summed E-state index contributed by atoms with van der Waals surface area (Å²) in [7, 11) is 0. The molecule has 0 unspecified atom stereocenters. The number of nitrogens with zero attached hydrogens (tertiary/aromatic N) is 1. The summed E-state index contributed by atoms with van der Waals surface area (Å²) < 4.78 is 25.4. The molecule has 2 heterocycles. The smallest absolute Gasteiger partial charge is 0.161 e. The first-order chi connectivity index (χ1) is 11.8. The average Bonchev–Trinajstić information content (AvgIpc) is 2.62. The molecule has 0 aliphatic carbocycles. The highest BCUT2D eigenvalue weighted by Crippen LogP contribution is 2.32. The highest BCUT2D eigenvalue weighted by molar-refractivity contribution is 5.85. The molecule has 2 aliphatic heterocycles. The van der Waals surface area contributed by atoms with E-state index in [4.69, 9.17) is 9.47 Å². The molecule has 2 aromatic carbocycles. The number of benzene rings is 2. The van der Waals surface area contributed by atoms with Gasteiger partial charge in [-0.1, -0.05) is 24.3 Å². The van der Waals surface area contributed by atoms with E-state index >= 15 is 0 Å². The van der Waals surface area contributed by atoms with Gasteiger partial charge in [0.2, 0.25) is 0 Å². The van der Waals surface area contributed by atoms with Crippen LogP contribution in [-0.2, 0) is 0 Å². The average molecular weight is 364 g/mol. The normalized spacial score (nSPS) is 22.9. The van der Waals surface area contributed by atoms with Crippen molar-refractivity contribution in [2.24, 2.45) is 0 Å². The Kier molecular flexibility index (Phi) is 5.82. The summed E-state index contributed by atoms with van der Waals surface area (Å²) in [5.41, 5.74) is 1.10. The SMILES string of the molecule is Cl.Fc1cccc([C@H]2CCCN(C[C@H]3COc4ccccc4O3)C2)c1. The van der Waals surface area contributed by atoms with Gasteiger partial charge >= 0.3 is 0 Å². The van der Waals surface area contributed by atoms with Gasteiger partial charge in [-0.2, -0.15) is 0 Å². The van der Waals surface area contributed by atoms with E-state index in [0.717, 1.165) is 49.5 Å². The molecule has 2 aromatic rings. The highest BCUT2D eigenvalue weighted by Gasteiger charge is 2.27. The Labute approximate surface area is 154 Å². The third-order valence-electron chi connectivity index (χ3n) is 4.85. The Morgan fingerprint density at radius 1 is 1.08 bits per heavy atom. The molecule has 25 heavy (non-hydrogen) atoms. The van der Waals surface area contributed by atoms with Gasteiger partial charge in [0, 0.05) is 13.1 Å². The van der Waals surface area contributed by atoms with Crippen LogP contribution in [0, 0.1) is 5.82 Å². The first kappa shape index (κ1) is 18.0. The van der Waals surface area contributed by atoms with E-state index in [2.05, 4.69) is 4.90 Å². The van der Waals surface area contributed by atoms with Crippen LogP contribution in [0.15, 0.2) is 48.5 Å². The maximum absolute atomic E-state index is 13.5. The first-order valence-corrected chi connectivity index (χ1v) is 8.64. The van der Waals surface area contributed by atoms with E-state index in [0.29, 0.717) is 12.5 Å². The summed E-state index contributed by atoms with van der Waals surface area (Å²) >= 11 is 0. The molecule has 0 aromatic heterocycles. The number of para-hydroxylation sites is 2. The predicted molar refractivity (Wildman–Crippen MR) is 98.4 cm³/mol. The molecular weight excluding hydrogens is 341 g/mol. The van der Waals surface area contributed by atoms with Gasteiger partial charge < -0.3 is 9.47 Å². The molecular formula is C20H23ClFNO2. The number of piperidine rings is 1. The molecule has 5 heteroatoms. The maximum atomic E-state index is 13.5. The van der Waals surface area contributed by atoms with Crippen molar-refractivity contribution in [2.75, 3.05) is 26.2 Å². The van der Waals surface area contributed by atoms with Gasteiger partial charge in [-0.15, -0.1) is 12.4 Å². The molecule has 0 amide bonds. The van der Waals surface area contributed by atoms with Crippen LogP contribution in [0.3, 0.4) is 0 Å². The highest BCUT2D eigenvalue weighted by atomic mass is 35.5. The van der Waals surface area contributed by atoms with Crippen LogP contribution in [0.5, 0.6) is 11.5 Å². The summed E-state index contributed by atoms with van der Waals surface area (Å²) in [5, 5.41) is 0. The summed E-state index contributed by atoms with van der Waals surface area (Å²) in [6.45, 7) is 3.44. The van der Waals surface area contributed by atoms with Crippen LogP contribution in [0.1, 0.15) is 24.3 Å². The van der Waals surface area contributed by atoms with Gasteiger partial charge in [-0.05, 0) is 55.1 Å². The van der Waals surface area contributed by atoms with E-state index in [-0.39, 0.29) is 24.3 Å². The molecule has 4 rings (SSSR count). The summed E-state index contributed by atoms with van der Waals surface area (Å²) in [6.07, 6.45) is 2.29. The Bertz CT molecular complexity index is 712. The molecule has 0 bridgehead atoms. The zero-order valence-electron chi connectivity index (χ0n) is 14.1. The van der Waals surface area contributed by atoms with Crippen LogP contribution >= 0.6 is 12.4 Å². The lowest BCUT2D eigenvalue weighted by molar-refractivity contribution is 0.0504. The van der Waals surface area contributed by atoms with Crippen molar-refractivity contribution in [1.29, 1.82) is 0 Å². The predicted octanol–water partition coefficient (Wildman–Crippen LogP) is 4.27. The van der Waals surface area contributed by atoms with E-state index in [9.17, 15) is 4.39 Å². The number of rotatable bonds is 3. The van der Waals surface area contributed by atoms with Gasteiger partial charge in [0.1, 0.15) is 18.5 Å². The second kappa shape index (κ2) is 8.07. The molecule has 0 N–H and O–H groups in total. The topological polar surface area (TPSA) is 21.7 Å². The van der Waals surface area contributed by atoms with Crippen LogP contribution < -0.4 is 9.47 Å². The monoisotopic (exact) mass is 363 g/mol. The second-order valence-electron chi connectivity index (χ2n) is 6.65. The van der Waals surface area contributed by atoms with E-state index in [1.807, 2.05) is 30.3 Å². The van der Waals surface area contributed by atoms with Crippen molar-refractivity contribution in [2.45, 2.75) is 24.9 Å². The third-order valence-corrected chi connectivity index (χ3v) is 4.85.